The molecule has 2 aromatic carbocycles. The molecule has 4 heterocycles. The number of allylic oxidation sites excluding steroid dienone is 1. The number of methoxy groups -OCH3 is 2. The Morgan fingerprint density at radius 1 is 1.05 bits per heavy atom. The predicted molar refractivity (Wildman–Crippen MR) is 209 cm³/mol. The van der Waals surface area contributed by atoms with E-state index in [1.807, 2.05) is 28.8 Å². The van der Waals surface area contributed by atoms with Crippen molar-refractivity contribution in [1.82, 2.24) is 24.0 Å². The summed E-state index contributed by atoms with van der Waals surface area (Å²) in [4.78, 5) is 29.3. The zero-order chi connectivity index (χ0) is 41.0. The molecule has 57 heavy (non-hydrogen) atoms. The molecule has 2 amide bonds. The number of halogens is 3. The van der Waals surface area contributed by atoms with E-state index < -0.39 is 50.6 Å². The molecule has 304 valence electrons. The van der Waals surface area contributed by atoms with Gasteiger partial charge in [-0.25, -0.2) is 13.1 Å². The maximum atomic E-state index is 14.9. The number of fused-ring (bicyclic) bond motifs is 5. The minimum Gasteiger partial charge on any atom is -0.499 e. The van der Waals surface area contributed by atoms with Crippen molar-refractivity contribution in [3.63, 3.8) is 0 Å². The van der Waals surface area contributed by atoms with Gasteiger partial charge in [-0.1, -0.05) is 31.9 Å². The van der Waals surface area contributed by atoms with Crippen LogP contribution in [0.25, 0.3) is 33.8 Å². The Hall–Kier alpha value is -5.09. The molecule has 16 heteroatoms. The van der Waals surface area contributed by atoms with Crippen LogP contribution in [-0.4, -0.2) is 84.7 Å². The Bertz CT molecular complexity index is 2410. The number of rotatable bonds is 9. The van der Waals surface area contributed by atoms with E-state index in [1.54, 1.807) is 18.2 Å². The van der Waals surface area contributed by atoms with Gasteiger partial charge in [-0.05, 0) is 85.7 Å². The molecule has 2 fully saturated rings. The van der Waals surface area contributed by atoms with Gasteiger partial charge in [-0.15, -0.1) is 0 Å². The lowest BCUT2D eigenvalue weighted by molar-refractivity contribution is -0.141. The van der Waals surface area contributed by atoms with E-state index in [4.69, 9.17) is 14.2 Å². The number of carbonyl (C=O) groups is 2. The summed E-state index contributed by atoms with van der Waals surface area (Å²) in [7, 11) is 0.359. The van der Waals surface area contributed by atoms with E-state index in [-0.39, 0.29) is 49.2 Å². The summed E-state index contributed by atoms with van der Waals surface area (Å²) >= 11 is 0. The monoisotopic (exact) mass is 809 g/mol. The quantitative estimate of drug-likeness (QED) is 0.177. The van der Waals surface area contributed by atoms with E-state index >= 15 is 0 Å². The van der Waals surface area contributed by atoms with Crippen molar-refractivity contribution in [1.29, 1.82) is 0 Å². The molecule has 12 nitrogen and oxygen atoms in total. The van der Waals surface area contributed by atoms with Crippen LogP contribution in [0.5, 0.6) is 5.75 Å². The van der Waals surface area contributed by atoms with Crippen LogP contribution in [0, 0.1) is 0 Å². The van der Waals surface area contributed by atoms with Crippen LogP contribution in [0.4, 0.5) is 13.2 Å². The molecular formula is C41H46F3N5O7S. The molecule has 2 aliphatic heterocycles. The number of hydrogen-bond donors (Lipinski definition) is 1. The van der Waals surface area contributed by atoms with E-state index in [2.05, 4.69) is 16.4 Å². The first-order valence-electron chi connectivity index (χ1n) is 18.9. The average Bonchev–Trinajstić information content (AvgIpc) is 3.65. The SMILES string of the molecule is C=C(OC)C1CN(C(=O)c2c(C(F)(F)F)nn(C)c2C2=Cc3cc(OC)ccc3-c3c(C4CCCCC4)c4ccc(C(=O)NS(=O)(=O)C(C)C)cc4n3C2)CCO1. The Balaban J connectivity index is 1.47. The van der Waals surface area contributed by atoms with Crippen molar-refractivity contribution in [2.24, 2.45) is 7.05 Å². The molecule has 1 unspecified atom stereocenters. The second kappa shape index (κ2) is 15.3. The Labute approximate surface area is 329 Å². The number of morpholine rings is 1. The molecule has 2 aromatic heterocycles. The number of benzene rings is 2. The first kappa shape index (κ1) is 40.1. The average molecular weight is 810 g/mol. The van der Waals surface area contributed by atoms with Crippen LogP contribution in [0.15, 0.2) is 48.7 Å². The van der Waals surface area contributed by atoms with E-state index in [0.29, 0.717) is 22.4 Å². The summed E-state index contributed by atoms with van der Waals surface area (Å²) in [5.41, 5.74) is 2.41. The smallest absolute Gasteiger partial charge is 0.435 e. The number of nitrogens with one attached hydrogen (secondary N) is 1. The number of alkyl halides is 3. The van der Waals surface area contributed by atoms with Gasteiger partial charge in [0.1, 0.15) is 17.6 Å². The van der Waals surface area contributed by atoms with Crippen LogP contribution in [-0.2, 0) is 39.3 Å². The summed E-state index contributed by atoms with van der Waals surface area (Å²) in [5, 5.41) is 3.92. The standard InChI is InChI=1S/C41H46F3N5O7S/c1-23(2)57(52,53)46-39(50)26-12-14-31-32(20-26)49-21-28(18-27-19-29(55-6)13-15-30(27)37(49)34(31)25-10-8-7-9-11-25)36-35(38(41(42,43)44)45-47(36)4)40(51)48-16-17-56-33(22-48)24(3)54-5/h12-15,18-20,23,25,33H,3,7-11,16-17,21-22H2,1-2,4-6H3,(H,46,50). The summed E-state index contributed by atoms with van der Waals surface area (Å²) in [6.45, 7) is 6.76. The zero-order valence-electron chi connectivity index (χ0n) is 32.5. The molecule has 1 atom stereocenters. The van der Waals surface area contributed by atoms with E-state index in [1.165, 1.54) is 40.0 Å². The molecule has 0 spiro atoms. The third-order valence-corrected chi connectivity index (χ3v) is 12.9. The molecule has 1 saturated carbocycles. The second-order valence-electron chi connectivity index (χ2n) is 15.0. The van der Waals surface area contributed by atoms with Gasteiger partial charge in [-0.3, -0.25) is 14.3 Å². The van der Waals surface area contributed by atoms with Gasteiger partial charge in [0.05, 0.1) is 56.1 Å². The number of hydrogen-bond acceptors (Lipinski definition) is 8. The van der Waals surface area contributed by atoms with Crippen LogP contribution in [0.3, 0.4) is 0 Å². The highest BCUT2D eigenvalue weighted by molar-refractivity contribution is 7.90. The molecule has 1 saturated heterocycles. The Kier molecular flexibility index (Phi) is 10.8. The molecule has 1 N–H and O–H groups in total. The number of aromatic nitrogens is 3. The van der Waals surface area contributed by atoms with E-state index in [0.717, 1.165) is 59.0 Å². The Morgan fingerprint density at radius 3 is 2.46 bits per heavy atom. The first-order valence-corrected chi connectivity index (χ1v) is 20.5. The third-order valence-electron chi connectivity index (χ3n) is 11.2. The summed E-state index contributed by atoms with van der Waals surface area (Å²) < 4.78 is 92.1. The van der Waals surface area contributed by atoms with Crippen LogP contribution in [0.2, 0.25) is 0 Å². The lowest BCUT2D eigenvalue weighted by Crippen LogP contribution is -2.47. The largest absolute Gasteiger partial charge is 0.499 e. The fourth-order valence-corrected chi connectivity index (χ4v) is 8.86. The van der Waals surface area contributed by atoms with Gasteiger partial charge >= 0.3 is 6.18 Å². The molecule has 0 radical (unpaired) electrons. The van der Waals surface area contributed by atoms with Gasteiger partial charge < -0.3 is 23.7 Å². The van der Waals surface area contributed by atoms with Crippen LogP contribution in [0.1, 0.15) is 95.1 Å². The van der Waals surface area contributed by atoms with Gasteiger partial charge in [0, 0.05) is 35.6 Å². The lowest BCUT2D eigenvalue weighted by atomic mass is 9.81. The Morgan fingerprint density at radius 2 is 1.79 bits per heavy atom. The highest BCUT2D eigenvalue weighted by Crippen LogP contribution is 2.48. The maximum absolute atomic E-state index is 14.9. The number of aryl methyl sites for hydroxylation is 1. The van der Waals surface area contributed by atoms with Gasteiger partial charge in [-0.2, -0.15) is 18.3 Å². The summed E-state index contributed by atoms with van der Waals surface area (Å²) in [5.74, 6) is -0.776. The number of amides is 2. The molecule has 0 bridgehead atoms. The lowest BCUT2D eigenvalue weighted by Gasteiger charge is -2.33. The van der Waals surface area contributed by atoms with Crippen molar-refractivity contribution >= 4 is 44.4 Å². The fourth-order valence-electron chi connectivity index (χ4n) is 8.24. The normalized spacial score (nSPS) is 17.8. The van der Waals surface area contributed by atoms with Crippen molar-refractivity contribution in [3.05, 3.63) is 82.4 Å². The molecule has 3 aliphatic rings. The second-order valence-corrected chi connectivity index (χ2v) is 17.3. The topological polar surface area (TPSA) is 134 Å². The number of sulfonamides is 1. The first-order chi connectivity index (χ1) is 27.0. The van der Waals surface area contributed by atoms with Crippen LogP contribution >= 0.6 is 0 Å². The van der Waals surface area contributed by atoms with Crippen molar-refractivity contribution < 1.29 is 45.4 Å². The molecule has 1 aliphatic carbocycles. The van der Waals surface area contributed by atoms with Crippen LogP contribution < -0.4 is 9.46 Å². The number of carbonyl (C=O) groups excluding carboxylic acids is 2. The zero-order valence-corrected chi connectivity index (χ0v) is 33.3. The third kappa shape index (κ3) is 7.44. The molecular weight excluding hydrogens is 764 g/mol. The summed E-state index contributed by atoms with van der Waals surface area (Å²) in [6.07, 6.45) is 1.02. The number of nitrogens with zero attached hydrogens (tertiary/aromatic N) is 4. The van der Waals surface area contributed by atoms with Gasteiger partial charge in [0.25, 0.3) is 11.8 Å². The van der Waals surface area contributed by atoms with Gasteiger partial charge in [0.15, 0.2) is 5.69 Å². The fraction of sp³-hybridized carbons (Fsp3) is 0.439. The predicted octanol–water partition coefficient (Wildman–Crippen LogP) is 7.14. The highest BCUT2D eigenvalue weighted by atomic mass is 32.2. The highest BCUT2D eigenvalue weighted by Gasteiger charge is 2.44. The summed E-state index contributed by atoms with van der Waals surface area (Å²) in [6, 6.07) is 10.6. The minimum atomic E-state index is -4.98. The minimum absolute atomic E-state index is 0.0196. The van der Waals surface area contributed by atoms with Crippen molar-refractivity contribution in [3.8, 4) is 17.0 Å². The number of ether oxygens (including phenoxy) is 3. The van der Waals surface area contributed by atoms with E-state index in [9.17, 15) is 31.2 Å². The molecule has 4 aromatic rings. The van der Waals surface area contributed by atoms with Crippen molar-refractivity contribution in [2.45, 2.75) is 75.9 Å². The van der Waals surface area contributed by atoms with Gasteiger partial charge in [0.2, 0.25) is 10.0 Å². The van der Waals surface area contributed by atoms with Crippen molar-refractivity contribution in [2.75, 3.05) is 33.9 Å². The molecule has 7 rings (SSSR count). The maximum Gasteiger partial charge on any atom is 0.435 e.